The fourth-order valence-corrected chi connectivity index (χ4v) is 3.43. The lowest BCUT2D eigenvalue weighted by atomic mass is 10.0. The van der Waals surface area contributed by atoms with Gasteiger partial charge in [-0.1, -0.05) is 13.8 Å². The predicted molar refractivity (Wildman–Crippen MR) is 75.8 cm³/mol. The fraction of sp³-hybridized carbons (Fsp3) is 1.00. The Labute approximate surface area is 109 Å². The van der Waals surface area contributed by atoms with Crippen LogP contribution in [-0.2, 0) is 10.8 Å². The molecule has 1 aliphatic rings. The summed E-state index contributed by atoms with van der Waals surface area (Å²) in [5.74, 6) is 1.48. The van der Waals surface area contributed by atoms with E-state index in [1.165, 1.54) is 12.8 Å². The lowest BCUT2D eigenvalue weighted by Crippen LogP contribution is -2.47. The van der Waals surface area contributed by atoms with Crippen LogP contribution in [0.15, 0.2) is 0 Å². The van der Waals surface area contributed by atoms with E-state index in [1.54, 1.807) is 6.26 Å². The zero-order chi connectivity index (χ0) is 12.8. The molecule has 1 saturated heterocycles. The Morgan fingerprint density at radius 3 is 2.82 bits per heavy atom. The average molecular weight is 260 g/mol. The molecule has 0 spiro atoms. The number of hydrogen-bond donors (Lipinski definition) is 1. The minimum Gasteiger partial charge on any atom is -0.314 e. The molecule has 1 heterocycles. The van der Waals surface area contributed by atoms with Gasteiger partial charge in [-0.3, -0.25) is 9.11 Å². The van der Waals surface area contributed by atoms with Crippen molar-refractivity contribution in [2.75, 3.05) is 31.6 Å². The van der Waals surface area contributed by atoms with Crippen molar-refractivity contribution in [1.82, 2.24) is 10.2 Å². The second kappa shape index (κ2) is 7.49. The van der Waals surface area contributed by atoms with Gasteiger partial charge < -0.3 is 5.32 Å². The first kappa shape index (κ1) is 15.1. The number of nitrogens with zero attached hydrogens (tertiary/aromatic N) is 1. The molecule has 0 saturated carbocycles. The van der Waals surface area contributed by atoms with Gasteiger partial charge in [0.15, 0.2) is 0 Å². The molecule has 0 bridgehead atoms. The van der Waals surface area contributed by atoms with Crippen molar-refractivity contribution < 1.29 is 4.21 Å². The summed E-state index contributed by atoms with van der Waals surface area (Å²) in [5.41, 5.74) is 0. The van der Waals surface area contributed by atoms with Crippen molar-refractivity contribution in [1.29, 1.82) is 0 Å². The molecule has 1 fully saturated rings. The van der Waals surface area contributed by atoms with Gasteiger partial charge in [0.2, 0.25) is 0 Å². The fourth-order valence-electron chi connectivity index (χ4n) is 2.54. The molecule has 4 heteroatoms. The topological polar surface area (TPSA) is 32.3 Å². The van der Waals surface area contributed by atoms with Crippen LogP contribution >= 0.6 is 0 Å². The molecule has 1 N–H and O–H groups in total. The van der Waals surface area contributed by atoms with Crippen LogP contribution in [0.25, 0.3) is 0 Å². The first-order chi connectivity index (χ1) is 8.02. The Hall–Kier alpha value is 0.0700. The van der Waals surface area contributed by atoms with Crippen molar-refractivity contribution >= 4 is 10.8 Å². The van der Waals surface area contributed by atoms with Crippen molar-refractivity contribution in [3.8, 4) is 0 Å². The van der Waals surface area contributed by atoms with E-state index < -0.39 is 10.8 Å². The second-order valence-electron chi connectivity index (χ2n) is 5.49. The van der Waals surface area contributed by atoms with Gasteiger partial charge in [-0.2, -0.15) is 0 Å². The molecule has 3 nitrogen and oxygen atoms in total. The molecule has 0 amide bonds. The standard InChI is InChI=1S/C13H28N2OS/c1-5-13-6-7-15(9-11(2)8-14-13)12(3)10-17(4)16/h11-14H,5-10H2,1-4H3. The summed E-state index contributed by atoms with van der Waals surface area (Å²) >= 11 is 0. The number of nitrogens with one attached hydrogen (secondary N) is 1. The highest BCUT2D eigenvalue weighted by atomic mass is 32.2. The summed E-state index contributed by atoms with van der Waals surface area (Å²) < 4.78 is 11.3. The van der Waals surface area contributed by atoms with Crippen LogP contribution in [0.4, 0.5) is 0 Å². The van der Waals surface area contributed by atoms with Gasteiger partial charge in [-0.15, -0.1) is 0 Å². The van der Waals surface area contributed by atoms with Crippen molar-refractivity contribution in [3.05, 3.63) is 0 Å². The molecule has 0 aromatic rings. The SMILES string of the molecule is CCC1CCN(C(C)CS(C)=O)CC(C)CN1. The van der Waals surface area contributed by atoms with Crippen LogP contribution in [0.3, 0.4) is 0 Å². The first-order valence-corrected chi connectivity index (χ1v) is 8.53. The van der Waals surface area contributed by atoms with E-state index in [1.807, 2.05) is 0 Å². The van der Waals surface area contributed by atoms with Crippen molar-refractivity contribution in [2.24, 2.45) is 5.92 Å². The smallest absolute Gasteiger partial charge is 0.0385 e. The van der Waals surface area contributed by atoms with Gasteiger partial charge in [0, 0.05) is 41.4 Å². The van der Waals surface area contributed by atoms with E-state index in [-0.39, 0.29) is 0 Å². The Kier molecular flexibility index (Phi) is 6.67. The minimum atomic E-state index is -0.686. The molecule has 1 rings (SSSR count). The van der Waals surface area contributed by atoms with Crippen molar-refractivity contribution in [2.45, 2.75) is 45.7 Å². The summed E-state index contributed by atoms with van der Waals surface area (Å²) in [6.45, 7) is 10.1. The maximum absolute atomic E-state index is 11.3. The molecular formula is C13H28N2OS. The van der Waals surface area contributed by atoms with E-state index in [4.69, 9.17) is 0 Å². The third kappa shape index (κ3) is 5.49. The van der Waals surface area contributed by atoms with Gasteiger partial charge in [-0.05, 0) is 38.8 Å². The highest BCUT2D eigenvalue weighted by Crippen LogP contribution is 2.12. The maximum atomic E-state index is 11.3. The predicted octanol–water partition coefficient (Wildman–Crippen LogP) is 1.46. The summed E-state index contributed by atoms with van der Waals surface area (Å²) in [6, 6.07) is 1.10. The van der Waals surface area contributed by atoms with Gasteiger partial charge in [-0.25, -0.2) is 0 Å². The molecule has 0 aromatic heterocycles. The van der Waals surface area contributed by atoms with Crippen LogP contribution in [0.1, 0.15) is 33.6 Å². The zero-order valence-electron chi connectivity index (χ0n) is 11.7. The third-order valence-electron chi connectivity index (χ3n) is 3.66. The highest BCUT2D eigenvalue weighted by Gasteiger charge is 2.21. The Bertz CT molecular complexity index is 248. The molecule has 4 unspecified atom stereocenters. The minimum absolute atomic E-state index is 0.443. The summed E-state index contributed by atoms with van der Waals surface area (Å²) in [4.78, 5) is 2.52. The van der Waals surface area contributed by atoms with Crippen LogP contribution in [0.2, 0.25) is 0 Å². The maximum Gasteiger partial charge on any atom is 0.0385 e. The van der Waals surface area contributed by atoms with Gasteiger partial charge in [0.05, 0.1) is 0 Å². The molecule has 1 aliphatic heterocycles. The Morgan fingerprint density at radius 1 is 1.53 bits per heavy atom. The Balaban J connectivity index is 2.54. The Morgan fingerprint density at radius 2 is 2.24 bits per heavy atom. The monoisotopic (exact) mass is 260 g/mol. The molecule has 0 aliphatic carbocycles. The zero-order valence-corrected chi connectivity index (χ0v) is 12.6. The third-order valence-corrected chi connectivity index (χ3v) is 4.61. The van der Waals surface area contributed by atoms with Crippen LogP contribution in [-0.4, -0.2) is 52.8 Å². The summed E-state index contributed by atoms with van der Waals surface area (Å²) in [7, 11) is -0.686. The van der Waals surface area contributed by atoms with Crippen LogP contribution in [0.5, 0.6) is 0 Å². The van der Waals surface area contributed by atoms with Crippen molar-refractivity contribution in [3.63, 3.8) is 0 Å². The normalized spacial score (nSPS) is 31.5. The van der Waals surface area contributed by atoms with Gasteiger partial charge in [0.1, 0.15) is 0 Å². The molecule has 4 atom stereocenters. The van der Waals surface area contributed by atoms with Crippen LogP contribution < -0.4 is 5.32 Å². The van der Waals surface area contributed by atoms with E-state index in [9.17, 15) is 4.21 Å². The van der Waals surface area contributed by atoms with Gasteiger partial charge >= 0.3 is 0 Å². The number of hydrogen-bond acceptors (Lipinski definition) is 3. The van der Waals surface area contributed by atoms with E-state index in [2.05, 4.69) is 31.0 Å². The molecule has 102 valence electrons. The average Bonchev–Trinajstić information content (AvgIpc) is 2.23. The molecule has 0 radical (unpaired) electrons. The molecule has 17 heavy (non-hydrogen) atoms. The van der Waals surface area contributed by atoms with Crippen LogP contribution in [0, 0.1) is 5.92 Å². The first-order valence-electron chi connectivity index (χ1n) is 6.80. The van der Waals surface area contributed by atoms with E-state index >= 15 is 0 Å². The highest BCUT2D eigenvalue weighted by molar-refractivity contribution is 7.84. The summed E-state index contributed by atoms with van der Waals surface area (Å²) in [5, 5.41) is 3.63. The largest absolute Gasteiger partial charge is 0.314 e. The molecule has 0 aromatic carbocycles. The second-order valence-corrected chi connectivity index (χ2v) is 6.97. The van der Waals surface area contributed by atoms with E-state index in [0.717, 1.165) is 25.4 Å². The number of rotatable bonds is 4. The quantitative estimate of drug-likeness (QED) is 0.831. The lowest BCUT2D eigenvalue weighted by Gasteiger charge is -2.35. The molecular weight excluding hydrogens is 232 g/mol. The summed E-state index contributed by atoms with van der Waals surface area (Å²) in [6.07, 6.45) is 4.22. The van der Waals surface area contributed by atoms with E-state index in [0.29, 0.717) is 18.0 Å². The van der Waals surface area contributed by atoms with Gasteiger partial charge in [0.25, 0.3) is 0 Å². The lowest BCUT2D eigenvalue weighted by molar-refractivity contribution is 0.163.